The highest BCUT2D eigenvalue weighted by molar-refractivity contribution is 6.08. The monoisotopic (exact) mass is 243 g/mol. The van der Waals surface area contributed by atoms with Crippen molar-refractivity contribution in [2.75, 3.05) is 0 Å². The molecule has 90 valence electrons. The molecule has 0 fully saturated rings. The molecule has 0 amide bonds. The van der Waals surface area contributed by atoms with Crippen molar-refractivity contribution < 1.29 is 0 Å². The molecule has 0 spiro atoms. The first kappa shape index (κ1) is 10.5. The second kappa shape index (κ2) is 3.79. The van der Waals surface area contributed by atoms with Crippen molar-refractivity contribution in [2.45, 2.75) is 6.92 Å². The minimum Gasteiger partial charge on any atom is -0.247 e. The average Bonchev–Trinajstić information content (AvgIpc) is 2.45. The molecule has 4 rings (SSSR count). The van der Waals surface area contributed by atoms with Crippen LogP contribution in [0.2, 0.25) is 0 Å². The first-order valence-corrected chi connectivity index (χ1v) is 6.50. The Balaban J connectivity index is 2.23. The zero-order valence-corrected chi connectivity index (χ0v) is 10.7. The molecular weight excluding hydrogens is 230 g/mol. The van der Waals surface area contributed by atoms with E-state index in [0.717, 1.165) is 11.0 Å². The molecule has 3 aromatic carbocycles. The van der Waals surface area contributed by atoms with Gasteiger partial charge in [0.05, 0.1) is 11.0 Å². The summed E-state index contributed by atoms with van der Waals surface area (Å²) in [6.45, 7) is 2.11. The van der Waals surface area contributed by atoms with Crippen LogP contribution < -0.4 is 0 Å². The van der Waals surface area contributed by atoms with Gasteiger partial charge in [-0.05, 0) is 30.0 Å². The summed E-state index contributed by atoms with van der Waals surface area (Å²) in [5.41, 5.74) is 3.42. The lowest BCUT2D eigenvalue weighted by molar-refractivity contribution is 1.45. The molecule has 1 nitrogen and oxygen atoms in total. The van der Waals surface area contributed by atoms with E-state index in [1.54, 1.807) is 0 Å². The van der Waals surface area contributed by atoms with E-state index in [9.17, 15) is 0 Å². The zero-order chi connectivity index (χ0) is 12.8. The molecule has 0 radical (unpaired) electrons. The first-order chi connectivity index (χ1) is 9.31. The second-order valence-electron chi connectivity index (χ2n) is 5.04. The van der Waals surface area contributed by atoms with Gasteiger partial charge in [0.2, 0.25) is 0 Å². The van der Waals surface area contributed by atoms with Gasteiger partial charge in [-0.2, -0.15) is 0 Å². The number of pyridine rings is 1. The smallest absolute Gasteiger partial charge is 0.0788 e. The van der Waals surface area contributed by atoms with E-state index in [2.05, 4.69) is 67.6 Å². The molecule has 0 aliphatic rings. The van der Waals surface area contributed by atoms with Crippen molar-refractivity contribution in [3.63, 3.8) is 0 Å². The van der Waals surface area contributed by atoms with Crippen molar-refractivity contribution in [1.29, 1.82) is 0 Å². The minimum absolute atomic E-state index is 1.07. The number of aryl methyl sites for hydroxylation is 1. The largest absolute Gasteiger partial charge is 0.247 e. The Kier molecular flexibility index (Phi) is 2.10. The highest BCUT2D eigenvalue weighted by atomic mass is 14.7. The maximum atomic E-state index is 4.87. The molecule has 0 atom stereocenters. The van der Waals surface area contributed by atoms with Crippen LogP contribution in [-0.4, -0.2) is 4.98 Å². The van der Waals surface area contributed by atoms with Crippen molar-refractivity contribution in [2.24, 2.45) is 0 Å². The van der Waals surface area contributed by atoms with Gasteiger partial charge in [0.1, 0.15) is 0 Å². The number of nitrogens with zero attached hydrogens (tertiary/aromatic N) is 1. The Bertz CT molecular complexity index is 922. The lowest BCUT2D eigenvalue weighted by Crippen LogP contribution is -1.85. The molecule has 0 aliphatic carbocycles. The van der Waals surface area contributed by atoms with E-state index < -0.39 is 0 Å². The van der Waals surface area contributed by atoms with Crippen LogP contribution in [0.4, 0.5) is 0 Å². The maximum Gasteiger partial charge on any atom is 0.0788 e. The highest BCUT2D eigenvalue weighted by Crippen LogP contribution is 2.27. The highest BCUT2D eigenvalue weighted by Gasteiger charge is 2.04. The van der Waals surface area contributed by atoms with Gasteiger partial charge in [-0.15, -0.1) is 0 Å². The molecule has 1 aromatic heterocycles. The van der Waals surface area contributed by atoms with Crippen LogP contribution in [0.15, 0.2) is 60.7 Å². The number of aromatic nitrogens is 1. The molecule has 0 saturated carbocycles. The van der Waals surface area contributed by atoms with Crippen molar-refractivity contribution in [1.82, 2.24) is 4.98 Å². The van der Waals surface area contributed by atoms with E-state index in [1.807, 2.05) is 0 Å². The average molecular weight is 243 g/mol. The molecular formula is C18H13N. The Hall–Kier alpha value is -2.41. The Morgan fingerprint density at radius 2 is 1.53 bits per heavy atom. The summed E-state index contributed by atoms with van der Waals surface area (Å²) in [6, 6.07) is 21.4. The standard InChI is InChI=1S/C18H13N/c1-12-6-7-14-11-15-9-8-13-4-2-3-5-16(13)18(15)19-17(14)10-12/h2-11H,1H3. The van der Waals surface area contributed by atoms with Crippen molar-refractivity contribution >= 4 is 32.6 Å². The van der Waals surface area contributed by atoms with Gasteiger partial charge in [0.25, 0.3) is 0 Å². The third-order valence-corrected chi connectivity index (χ3v) is 3.66. The molecule has 1 heterocycles. The van der Waals surface area contributed by atoms with E-state index in [4.69, 9.17) is 4.98 Å². The minimum atomic E-state index is 1.07. The summed E-state index contributed by atoms with van der Waals surface area (Å²) in [4.78, 5) is 4.87. The summed E-state index contributed by atoms with van der Waals surface area (Å²) < 4.78 is 0. The molecule has 0 aliphatic heterocycles. The van der Waals surface area contributed by atoms with Crippen LogP contribution in [-0.2, 0) is 0 Å². The van der Waals surface area contributed by atoms with Gasteiger partial charge in [-0.25, -0.2) is 4.98 Å². The zero-order valence-electron chi connectivity index (χ0n) is 10.7. The van der Waals surface area contributed by atoms with E-state index in [0.29, 0.717) is 0 Å². The molecule has 0 unspecified atom stereocenters. The lowest BCUT2D eigenvalue weighted by Gasteiger charge is -2.06. The predicted octanol–water partition coefficient (Wildman–Crippen LogP) is 4.85. The number of hydrogen-bond acceptors (Lipinski definition) is 1. The Morgan fingerprint density at radius 1 is 0.737 bits per heavy atom. The fourth-order valence-electron chi connectivity index (χ4n) is 2.67. The van der Waals surface area contributed by atoms with E-state index in [-0.39, 0.29) is 0 Å². The SMILES string of the molecule is Cc1ccc2cc3ccc4ccccc4c3nc2c1. The van der Waals surface area contributed by atoms with Crippen molar-refractivity contribution in [3.05, 3.63) is 66.2 Å². The van der Waals surface area contributed by atoms with Gasteiger partial charge < -0.3 is 0 Å². The third-order valence-electron chi connectivity index (χ3n) is 3.66. The maximum absolute atomic E-state index is 4.87. The topological polar surface area (TPSA) is 12.9 Å². The van der Waals surface area contributed by atoms with Gasteiger partial charge in [0, 0.05) is 16.2 Å². The van der Waals surface area contributed by atoms with Gasteiger partial charge in [0.15, 0.2) is 0 Å². The summed E-state index contributed by atoms with van der Waals surface area (Å²) >= 11 is 0. The van der Waals surface area contributed by atoms with Gasteiger partial charge in [-0.3, -0.25) is 0 Å². The molecule has 4 aromatic rings. The molecule has 0 saturated heterocycles. The van der Waals surface area contributed by atoms with Crippen LogP contribution in [0.25, 0.3) is 32.6 Å². The summed E-state index contributed by atoms with van der Waals surface area (Å²) in [6.07, 6.45) is 0. The lowest BCUT2D eigenvalue weighted by atomic mass is 10.0. The van der Waals surface area contributed by atoms with E-state index >= 15 is 0 Å². The Labute approximate surface area is 111 Å². The quantitative estimate of drug-likeness (QED) is 0.318. The van der Waals surface area contributed by atoms with Crippen molar-refractivity contribution in [3.8, 4) is 0 Å². The third kappa shape index (κ3) is 1.59. The fraction of sp³-hybridized carbons (Fsp3) is 0.0556. The van der Waals surface area contributed by atoms with Crippen LogP contribution in [0.1, 0.15) is 5.56 Å². The number of benzene rings is 3. The Morgan fingerprint density at radius 3 is 2.47 bits per heavy atom. The normalized spacial score (nSPS) is 11.4. The number of fused-ring (bicyclic) bond motifs is 4. The first-order valence-electron chi connectivity index (χ1n) is 6.50. The fourth-order valence-corrected chi connectivity index (χ4v) is 2.67. The van der Waals surface area contributed by atoms with Crippen LogP contribution >= 0.6 is 0 Å². The van der Waals surface area contributed by atoms with Gasteiger partial charge >= 0.3 is 0 Å². The summed E-state index contributed by atoms with van der Waals surface area (Å²) in [5.74, 6) is 0. The summed E-state index contributed by atoms with van der Waals surface area (Å²) in [7, 11) is 0. The molecule has 1 heteroatoms. The number of rotatable bonds is 0. The summed E-state index contributed by atoms with van der Waals surface area (Å²) in [5, 5.41) is 4.88. The molecule has 0 bridgehead atoms. The van der Waals surface area contributed by atoms with Crippen LogP contribution in [0.3, 0.4) is 0 Å². The predicted molar refractivity (Wildman–Crippen MR) is 81.5 cm³/mol. The van der Waals surface area contributed by atoms with Gasteiger partial charge in [-0.1, -0.05) is 48.5 Å². The molecule has 19 heavy (non-hydrogen) atoms. The van der Waals surface area contributed by atoms with Crippen LogP contribution in [0.5, 0.6) is 0 Å². The molecule has 0 N–H and O–H groups in total. The van der Waals surface area contributed by atoms with Crippen LogP contribution in [0, 0.1) is 6.92 Å². The second-order valence-corrected chi connectivity index (χ2v) is 5.04. The number of hydrogen-bond donors (Lipinski definition) is 0. The van der Waals surface area contributed by atoms with E-state index in [1.165, 1.54) is 27.1 Å².